The number of fused-ring (bicyclic) bond motifs is 1. The van der Waals surface area contributed by atoms with E-state index < -0.39 is 0 Å². The van der Waals surface area contributed by atoms with Crippen LogP contribution in [-0.2, 0) is 0 Å². The SMILES string of the molecule is C=CCOc1ccc2ccccc2c1N=C(C)C. The van der Waals surface area contributed by atoms with Gasteiger partial charge >= 0.3 is 0 Å². The lowest BCUT2D eigenvalue weighted by atomic mass is 10.1. The molecule has 0 radical (unpaired) electrons. The zero-order valence-electron chi connectivity index (χ0n) is 10.8. The number of hydrogen-bond donors (Lipinski definition) is 0. The van der Waals surface area contributed by atoms with Gasteiger partial charge in [-0.05, 0) is 25.3 Å². The summed E-state index contributed by atoms with van der Waals surface area (Å²) in [6.07, 6.45) is 1.74. The third kappa shape index (κ3) is 2.59. The molecule has 18 heavy (non-hydrogen) atoms. The van der Waals surface area contributed by atoms with E-state index in [4.69, 9.17) is 4.74 Å². The molecule has 0 aliphatic heterocycles. The van der Waals surface area contributed by atoms with Gasteiger partial charge in [-0.1, -0.05) is 43.0 Å². The predicted molar refractivity (Wildman–Crippen MR) is 78.1 cm³/mol. The van der Waals surface area contributed by atoms with Crippen molar-refractivity contribution in [2.24, 2.45) is 4.99 Å². The monoisotopic (exact) mass is 239 g/mol. The van der Waals surface area contributed by atoms with E-state index >= 15 is 0 Å². The Labute approximate surface area is 108 Å². The molecule has 2 rings (SSSR count). The minimum Gasteiger partial charge on any atom is -0.487 e. The van der Waals surface area contributed by atoms with Crippen molar-refractivity contribution in [2.75, 3.05) is 6.61 Å². The van der Waals surface area contributed by atoms with Gasteiger partial charge in [0.25, 0.3) is 0 Å². The Balaban J connectivity index is 2.62. The predicted octanol–water partition coefficient (Wildman–Crippen LogP) is 4.52. The van der Waals surface area contributed by atoms with E-state index in [1.54, 1.807) is 6.08 Å². The van der Waals surface area contributed by atoms with E-state index in [-0.39, 0.29) is 0 Å². The van der Waals surface area contributed by atoms with Crippen LogP contribution in [0.2, 0.25) is 0 Å². The maximum atomic E-state index is 5.67. The second kappa shape index (κ2) is 5.50. The molecule has 0 saturated carbocycles. The van der Waals surface area contributed by atoms with Crippen LogP contribution in [0.5, 0.6) is 5.75 Å². The maximum Gasteiger partial charge on any atom is 0.146 e. The molecule has 0 atom stereocenters. The first-order valence-electron chi connectivity index (χ1n) is 5.99. The van der Waals surface area contributed by atoms with Crippen LogP contribution in [0, 0.1) is 0 Å². The van der Waals surface area contributed by atoms with E-state index in [0.717, 1.165) is 22.5 Å². The minimum atomic E-state index is 0.490. The second-order valence-corrected chi connectivity index (χ2v) is 4.29. The summed E-state index contributed by atoms with van der Waals surface area (Å²) in [5, 5.41) is 2.28. The van der Waals surface area contributed by atoms with Gasteiger partial charge in [0.1, 0.15) is 18.0 Å². The molecule has 0 saturated heterocycles. The Morgan fingerprint density at radius 2 is 2.00 bits per heavy atom. The molecule has 0 amide bonds. The summed E-state index contributed by atoms with van der Waals surface area (Å²) in [4.78, 5) is 4.60. The molecule has 0 N–H and O–H groups in total. The lowest BCUT2D eigenvalue weighted by Crippen LogP contribution is -1.94. The molecule has 2 nitrogen and oxygen atoms in total. The molecule has 2 aromatic rings. The van der Waals surface area contributed by atoms with Crippen molar-refractivity contribution in [3.63, 3.8) is 0 Å². The Hall–Kier alpha value is -2.09. The third-order valence-corrected chi connectivity index (χ3v) is 2.56. The van der Waals surface area contributed by atoms with Crippen molar-refractivity contribution in [2.45, 2.75) is 13.8 Å². The number of rotatable bonds is 4. The third-order valence-electron chi connectivity index (χ3n) is 2.56. The Bertz CT molecular complexity index is 595. The van der Waals surface area contributed by atoms with Crippen LogP contribution < -0.4 is 4.74 Å². The van der Waals surface area contributed by atoms with Gasteiger partial charge in [-0.2, -0.15) is 0 Å². The van der Waals surface area contributed by atoms with Gasteiger partial charge in [0.2, 0.25) is 0 Å². The number of nitrogens with zero attached hydrogens (tertiary/aromatic N) is 1. The van der Waals surface area contributed by atoms with E-state index in [1.165, 1.54) is 5.39 Å². The summed E-state index contributed by atoms with van der Waals surface area (Å²) in [6, 6.07) is 12.2. The van der Waals surface area contributed by atoms with Crippen LogP contribution in [0.25, 0.3) is 10.8 Å². The number of benzene rings is 2. The first kappa shape index (κ1) is 12.4. The summed E-state index contributed by atoms with van der Waals surface area (Å²) >= 11 is 0. The minimum absolute atomic E-state index is 0.490. The van der Waals surface area contributed by atoms with Crippen LogP contribution >= 0.6 is 0 Å². The molecule has 2 heteroatoms. The summed E-state index contributed by atoms with van der Waals surface area (Å²) in [5.74, 6) is 0.801. The van der Waals surface area contributed by atoms with Crippen molar-refractivity contribution in [1.29, 1.82) is 0 Å². The largest absolute Gasteiger partial charge is 0.487 e. The topological polar surface area (TPSA) is 21.6 Å². The first-order chi connectivity index (χ1) is 8.72. The fourth-order valence-corrected chi connectivity index (χ4v) is 1.84. The van der Waals surface area contributed by atoms with Gasteiger partial charge in [0.05, 0.1) is 0 Å². The first-order valence-corrected chi connectivity index (χ1v) is 5.99. The molecule has 0 spiro atoms. The molecule has 2 aromatic carbocycles. The summed E-state index contributed by atoms with van der Waals surface area (Å²) in [7, 11) is 0. The van der Waals surface area contributed by atoms with Gasteiger partial charge in [-0.3, -0.25) is 4.99 Å². The zero-order valence-corrected chi connectivity index (χ0v) is 10.8. The fraction of sp³-hybridized carbons (Fsp3) is 0.188. The highest BCUT2D eigenvalue weighted by molar-refractivity contribution is 5.98. The Morgan fingerprint density at radius 1 is 1.22 bits per heavy atom. The number of hydrogen-bond acceptors (Lipinski definition) is 2. The van der Waals surface area contributed by atoms with E-state index in [9.17, 15) is 0 Å². The van der Waals surface area contributed by atoms with Crippen LogP contribution in [0.4, 0.5) is 5.69 Å². The van der Waals surface area contributed by atoms with E-state index in [1.807, 2.05) is 32.0 Å². The van der Waals surface area contributed by atoms with Gasteiger partial charge in [0.15, 0.2) is 0 Å². The maximum absolute atomic E-state index is 5.67. The summed E-state index contributed by atoms with van der Waals surface area (Å²) in [5.41, 5.74) is 1.91. The average Bonchev–Trinajstić information content (AvgIpc) is 2.37. The molecular formula is C16H17NO. The smallest absolute Gasteiger partial charge is 0.146 e. The molecule has 0 bridgehead atoms. The number of ether oxygens (including phenoxy) is 1. The standard InChI is InChI=1S/C16H17NO/c1-4-11-18-15-10-9-13-7-5-6-8-14(13)16(15)17-12(2)3/h4-10H,1,11H2,2-3H3. The highest BCUT2D eigenvalue weighted by Gasteiger charge is 2.07. The van der Waals surface area contributed by atoms with Gasteiger partial charge < -0.3 is 4.74 Å². The highest BCUT2D eigenvalue weighted by Crippen LogP contribution is 2.36. The van der Waals surface area contributed by atoms with Gasteiger partial charge in [-0.15, -0.1) is 0 Å². The van der Waals surface area contributed by atoms with E-state index in [2.05, 4.69) is 29.8 Å². The zero-order chi connectivity index (χ0) is 13.0. The molecule has 0 heterocycles. The molecule has 92 valence electrons. The number of aliphatic imine (C=N–C) groups is 1. The highest BCUT2D eigenvalue weighted by atomic mass is 16.5. The van der Waals surface area contributed by atoms with Crippen LogP contribution in [-0.4, -0.2) is 12.3 Å². The van der Waals surface area contributed by atoms with Crippen molar-refractivity contribution in [1.82, 2.24) is 0 Å². The van der Waals surface area contributed by atoms with Crippen molar-refractivity contribution in [3.05, 3.63) is 49.1 Å². The van der Waals surface area contributed by atoms with Crippen LogP contribution in [0.1, 0.15) is 13.8 Å². The quantitative estimate of drug-likeness (QED) is 0.568. The molecular weight excluding hydrogens is 222 g/mol. The summed E-state index contributed by atoms with van der Waals surface area (Å²) in [6.45, 7) is 8.13. The van der Waals surface area contributed by atoms with E-state index in [0.29, 0.717) is 6.61 Å². The molecule has 0 fully saturated rings. The van der Waals surface area contributed by atoms with Gasteiger partial charge in [-0.25, -0.2) is 0 Å². The molecule has 0 unspecified atom stereocenters. The fourth-order valence-electron chi connectivity index (χ4n) is 1.84. The van der Waals surface area contributed by atoms with Crippen molar-refractivity contribution >= 4 is 22.2 Å². The van der Waals surface area contributed by atoms with Crippen LogP contribution in [0.15, 0.2) is 54.0 Å². The molecule has 0 aliphatic rings. The summed E-state index contributed by atoms with van der Waals surface area (Å²) < 4.78 is 5.67. The van der Waals surface area contributed by atoms with Gasteiger partial charge in [0, 0.05) is 11.1 Å². The Morgan fingerprint density at radius 3 is 2.72 bits per heavy atom. The van der Waals surface area contributed by atoms with Crippen molar-refractivity contribution in [3.8, 4) is 5.75 Å². The molecule has 0 aliphatic carbocycles. The Kier molecular flexibility index (Phi) is 3.78. The average molecular weight is 239 g/mol. The molecule has 0 aromatic heterocycles. The lowest BCUT2D eigenvalue weighted by Gasteiger charge is -2.10. The second-order valence-electron chi connectivity index (χ2n) is 4.29. The van der Waals surface area contributed by atoms with Crippen LogP contribution in [0.3, 0.4) is 0 Å². The lowest BCUT2D eigenvalue weighted by molar-refractivity contribution is 0.365. The van der Waals surface area contributed by atoms with Crippen molar-refractivity contribution < 1.29 is 4.74 Å². The normalized spacial score (nSPS) is 10.1.